The van der Waals surface area contributed by atoms with Gasteiger partial charge in [0.2, 0.25) is 0 Å². The average Bonchev–Trinajstić information content (AvgIpc) is 3.45. The molecule has 1 atom stereocenters. The molecule has 1 aliphatic heterocycles. The molecule has 5 nitrogen and oxygen atoms in total. The minimum atomic E-state index is -0.389. The highest BCUT2D eigenvalue weighted by atomic mass is 19.1. The summed E-state index contributed by atoms with van der Waals surface area (Å²) in [5.74, 6) is -0.208. The van der Waals surface area contributed by atoms with E-state index in [0.717, 1.165) is 13.0 Å². The number of nitrogens with zero attached hydrogens (tertiary/aromatic N) is 1. The zero-order valence-corrected chi connectivity index (χ0v) is 15.8. The van der Waals surface area contributed by atoms with E-state index in [-0.39, 0.29) is 17.7 Å². The van der Waals surface area contributed by atoms with Gasteiger partial charge in [-0.05, 0) is 49.4 Å². The van der Waals surface area contributed by atoms with Gasteiger partial charge in [-0.25, -0.2) is 8.78 Å². The average molecular weight is 402 g/mol. The molecule has 0 saturated carbocycles. The third-order valence-corrected chi connectivity index (χ3v) is 5.89. The summed E-state index contributed by atoms with van der Waals surface area (Å²) >= 11 is 0. The molecule has 30 heavy (non-hydrogen) atoms. The minimum Gasteiger partial charge on any atom is -0.485 e. The maximum absolute atomic E-state index is 14.1. The molecule has 0 radical (unpaired) electrons. The molecule has 1 fully saturated rings. The van der Waals surface area contributed by atoms with Crippen molar-refractivity contribution in [2.45, 2.75) is 12.5 Å². The van der Waals surface area contributed by atoms with E-state index in [0.29, 0.717) is 61.5 Å². The third kappa shape index (κ3) is 2.34. The van der Waals surface area contributed by atoms with Crippen LogP contribution in [0, 0.1) is 23.0 Å². The molecule has 1 aliphatic rings. The van der Waals surface area contributed by atoms with E-state index < -0.39 is 0 Å². The van der Waals surface area contributed by atoms with Gasteiger partial charge in [0.25, 0.3) is 0 Å². The van der Waals surface area contributed by atoms with Crippen molar-refractivity contribution in [3.8, 4) is 11.8 Å². The van der Waals surface area contributed by atoms with Crippen LogP contribution >= 0.6 is 0 Å². The van der Waals surface area contributed by atoms with Crippen molar-refractivity contribution in [3.05, 3.63) is 53.6 Å². The SMILES string of the molecule is N#Cc1c2c([nH]c3ccc(F)cc32)c(O[C@H]2CCNC2)c2[nH]c3ccc(F)cc3c12. The molecule has 0 amide bonds. The van der Waals surface area contributed by atoms with Crippen LogP contribution in [-0.2, 0) is 0 Å². The topological polar surface area (TPSA) is 76.6 Å². The van der Waals surface area contributed by atoms with Gasteiger partial charge in [0.15, 0.2) is 5.75 Å². The quantitative estimate of drug-likeness (QED) is 0.395. The Morgan fingerprint density at radius 2 is 1.53 bits per heavy atom. The summed E-state index contributed by atoms with van der Waals surface area (Å²) in [4.78, 5) is 6.63. The molecular formula is C23H16F2N4O. The molecule has 148 valence electrons. The number of benzene rings is 3. The lowest BCUT2D eigenvalue weighted by Crippen LogP contribution is -2.20. The molecule has 2 aromatic heterocycles. The second-order valence-electron chi connectivity index (χ2n) is 7.68. The van der Waals surface area contributed by atoms with Crippen LogP contribution in [0.5, 0.6) is 5.75 Å². The van der Waals surface area contributed by atoms with Crippen LogP contribution in [0.2, 0.25) is 0 Å². The summed E-state index contributed by atoms with van der Waals surface area (Å²) in [6, 6.07) is 11.2. The van der Waals surface area contributed by atoms with Crippen LogP contribution < -0.4 is 10.1 Å². The second-order valence-corrected chi connectivity index (χ2v) is 7.68. The number of aromatic nitrogens is 2. The normalized spacial score (nSPS) is 16.8. The first-order chi connectivity index (χ1) is 14.6. The number of nitrogens with one attached hydrogen (secondary N) is 3. The van der Waals surface area contributed by atoms with Crippen LogP contribution in [0.1, 0.15) is 12.0 Å². The Balaban J connectivity index is 1.83. The fraction of sp³-hybridized carbons (Fsp3) is 0.174. The lowest BCUT2D eigenvalue weighted by Gasteiger charge is -2.15. The Morgan fingerprint density at radius 3 is 2.03 bits per heavy atom. The van der Waals surface area contributed by atoms with Crippen molar-refractivity contribution >= 4 is 43.6 Å². The fourth-order valence-electron chi connectivity index (χ4n) is 4.56. The Labute approximate surface area is 169 Å². The number of aromatic amines is 2. The highest BCUT2D eigenvalue weighted by Crippen LogP contribution is 2.44. The molecule has 0 spiro atoms. The summed E-state index contributed by atoms with van der Waals surface area (Å²) < 4.78 is 34.5. The lowest BCUT2D eigenvalue weighted by atomic mass is 10.00. The highest BCUT2D eigenvalue weighted by molar-refractivity contribution is 6.24. The minimum absolute atomic E-state index is 0.0318. The summed E-state index contributed by atoms with van der Waals surface area (Å²) in [6.07, 6.45) is 0.822. The second kappa shape index (κ2) is 6.18. The Hall–Kier alpha value is -3.63. The summed E-state index contributed by atoms with van der Waals surface area (Å²) in [5, 5.41) is 15.7. The summed E-state index contributed by atoms with van der Waals surface area (Å²) in [7, 11) is 0. The number of hydrogen-bond acceptors (Lipinski definition) is 3. The molecule has 0 unspecified atom stereocenters. The maximum Gasteiger partial charge on any atom is 0.168 e. The van der Waals surface area contributed by atoms with Crippen molar-refractivity contribution in [3.63, 3.8) is 0 Å². The fourth-order valence-corrected chi connectivity index (χ4v) is 4.56. The predicted molar refractivity (Wildman–Crippen MR) is 112 cm³/mol. The molecule has 0 bridgehead atoms. The van der Waals surface area contributed by atoms with E-state index in [2.05, 4.69) is 21.4 Å². The Bertz CT molecular complexity index is 1420. The molecule has 5 aromatic rings. The van der Waals surface area contributed by atoms with Gasteiger partial charge in [0.05, 0.1) is 16.6 Å². The van der Waals surface area contributed by atoms with E-state index in [9.17, 15) is 14.0 Å². The largest absolute Gasteiger partial charge is 0.485 e. The van der Waals surface area contributed by atoms with E-state index in [4.69, 9.17) is 4.74 Å². The molecule has 3 aromatic carbocycles. The molecule has 6 rings (SSSR count). The number of H-pyrrole nitrogens is 2. The van der Waals surface area contributed by atoms with Crippen LogP contribution in [-0.4, -0.2) is 29.2 Å². The first kappa shape index (κ1) is 17.2. The summed E-state index contributed by atoms with van der Waals surface area (Å²) in [6.45, 7) is 1.58. The van der Waals surface area contributed by atoms with Crippen molar-refractivity contribution in [2.24, 2.45) is 0 Å². The van der Waals surface area contributed by atoms with E-state index >= 15 is 0 Å². The van der Waals surface area contributed by atoms with E-state index in [1.165, 1.54) is 24.3 Å². The van der Waals surface area contributed by atoms with Crippen molar-refractivity contribution in [1.29, 1.82) is 5.26 Å². The van der Waals surface area contributed by atoms with Crippen molar-refractivity contribution in [1.82, 2.24) is 15.3 Å². The first-order valence-electron chi connectivity index (χ1n) is 9.79. The molecule has 7 heteroatoms. The maximum atomic E-state index is 14.1. The molecule has 0 aliphatic carbocycles. The number of rotatable bonds is 2. The van der Waals surface area contributed by atoms with Crippen LogP contribution in [0.15, 0.2) is 36.4 Å². The molecule has 1 saturated heterocycles. The van der Waals surface area contributed by atoms with Crippen LogP contribution in [0.25, 0.3) is 43.6 Å². The van der Waals surface area contributed by atoms with Gasteiger partial charge in [-0.1, -0.05) is 0 Å². The van der Waals surface area contributed by atoms with Gasteiger partial charge < -0.3 is 20.0 Å². The van der Waals surface area contributed by atoms with Crippen LogP contribution in [0.4, 0.5) is 8.78 Å². The highest BCUT2D eigenvalue weighted by Gasteiger charge is 2.26. The van der Waals surface area contributed by atoms with Crippen molar-refractivity contribution in [2.75, 3.05) is 13.1 Å². The van der Waals surface area contributed by atoms with E-state index in [1.807, 2.05) is 0 Å². The number of hydrogen-bond donors (Lipinski definition) is 3. The standard InChI is InChI=1S/C23H16F2N4O/c24-11-1-3-17-14(7-11)19-16(9-26)20-15-8-12(25)2-4-18(15)29-22(20)23(21(19)28-17)30-13-5-6-27-10-13/h1-4,7-8,13,27-29H,5-6,10H2/t13-/m0/s1. The number of nitriles is 1. The molecule has 3 heterocycles. The zero-order chi connectivity index (χ0) is 20.4. The van der Waals surface area contributed by atoms with E-state index in [1.54, 1.807) is 12.1 Å². The van der Waals surface area contributed by atoms with Gasteiger partial charge >= 0.3 is 0 Å². The summed E-state index contributed by atoms with van der Waals surface area (Å²) in [5.41, 5.74) is 3.06. The van der Waals surface area contributed by atoms with Crippen LogP contribution in [0.3, 0.4) is 0 Å². The van der Waals surface area contributed by atoms with Crippen molar-refractivity contribution < 1.29 is 13.5 Å². The van der Waals surface area contributed by atoms with Gasteiger partial charge in [-0.3, -0.25) is 0 Å². The van der Waals surface area contributed by atoms with Gasteiger partial charge in [-0.2, -0.15) is 5.26 Å². The Kier molecular flexibility index (Phi) is 3.55. The molecular weight excluding hydrogens is 386 g/mol. The number of fused-ring (bicyclic) bond motifs is 6. The smallest absolute Gasteiger partial charge is 0.168 e. The first-order valence-corrected chi connectivity index (χ1v) is 9.79. The van der Waals surface area contributed by atoms with Gasteiger partial charge in [0.1, 0.15) is 23.8 Å². The zero-order valence-electron chi connectivity index (χ0n) is 15.8. The number of halogens is 2. The third-order valence-electron chi connectivity index (χ3n) is 5.89. The monoisotopic (exact) mass is 402 g/mol. The predicted octanol–water partition coefficient (Wildman–Crippen LogP) is 4.85. The molecule has 3 N–H and O–H groups in total. The van der Waals surface area contributed by atoms with Gasteiger partial charge in [-0.15, -0.1) is 0 Å². The number of ether oxygens (including phenoxy) is 1. The van der Waals surface area contributed by atoms with Gasteiger partial charge in [0, 0.05) is 39.1 Å². The Morgan fingerprint density at radius 1 is 0.933 bits per heavy atom. The lowest BCUT2D eigenvalue weighted by molar-refractivity contribution is 0.228.